The van der Waals surface area contributed by atoms with Gasteiger partial charge >= 0.3 is 10.8 Å². The fourth-order valence-corrected chi connectivity index (χ4v) is 2.72. The molecule has 0 bridgehead atoms. The van der Waals surface area contributed by atoms with Crippen LogP contribution < -0.4 is 4.87 Å². The number of aryl methyl sites for hydroxylation is 1. The minimum atomic E-state index is -0.752. The molecule has 1 atom stereocenters. The molecule has 1 fully saturated rings. The molecule has 1 aliphatic heterocycles. The lowest BCUT2D eigenvalue weighted by atomic mass is 10.2. The van der Waals surface area contributed by atoms with Crippen molar-refractivity contribution in [1.82, 2.24) is 9.47 Å². The van der Waals surface area contributed by atoms with Crippen molar-refractivity contribution in [2.75, 3.05) is 26.8 Å². The van der Waals surface area contributed by atoms with Crippen molar-refractivity contribution in [1.29, 1.82) is 0 Å². The number of methoxy groups -OCH3 is 1. The molecule has 0 aliphatic carbocycles. The maximum Gasteiger partial charge on any atom is 0.336 e. The van der Waals surface area contributed by atoms with E-state index in [9.17, 15) is 14.4 Å². The molecule has 0 N–H and O–H groups in total. The third kappa shape index (κ3) is 3.07. The molecule has 1 amide bonds. The van der Waals surface area contributed by atoms with Crippen molar-refractivity contribution in [2.24, 2.45) is 0 Å². The molecule has 2 heterocycles. The summed E-state index contributed by atoms with van der Waals surface area (Å²) in [6.45, 7) is 2.61. The van der Waals surface area contributed by atoms with Crippen molar-refractivity contribution in [2.45, 2.75) is 19.6 Å². The number of esters is 1. The van der Waals surface area contributed by atoms with Crippen LogP contribution in [0.15, 0.2) is 10.2 Å². The predicted molar refractivity (Wildman–Crippen MR) is 71.7 cm³/mol. The Morgan fingerprint density at radius 2 is 2.30 bits per heavy atom. The number of carbonyl (C=O) groups excluding carboxylic acids is 2. The maximum atomic E-state index is 12.2. The Kier molecular flexibility index (Phi) is 4.56. The van der Waals surface area contributed by atoms with Crippen molar-refractivity contribution in [3.05, 3.63) is 20.7 Å². The van der Waals surface area contributed by atoms with E-state index in [0.717, 1.165) is 17.0 Å². The van der Waals surface area contributed by atoms with Crippen LogP contribution in [0.5, 0.6) is 0 Å². The van der Waals surface area contributed by atoms with Gasteiger partial charge in [0.25, 0.3) is 0 Å². The third-order valence-corrected chi connectivity index (χ3v) is 4.03. The lowest BCUT2D eigenvalue weighted by Crippen LogP contribution is -2.50. The molecular formula is C12H16N2O5S. The number of amides is 1. The van der Waals surface area contributed by atoms with E-state index in [1.165, 1.54) is 16.6 Å². The summed E-state index contributed by atoms with van der Waals surface area (Å²) in [5.41, 5.74) is 0.756. The van der Waals surface area contributed by atoms with Gasteiger partial charge in [-0.2, -0.15) is 0 Å². The molecular weight excluding hydrogens is 284 g/mol. The lowest BCUT2D eigenvalue weighted by Gasteiger charge is -2.31. The van der Waals surface area contributed by atoms with Crippen LogP contribution in [-0.4, -0.2) is 54.3 Å². The van der Waals surface area contributed by atoms with E-state index in [1.807, 2.05) is 0 Å². The first-order valence-electron chi connectivity index (χ1n) is 6.15. The molecule has 0 aromatic carbocycles. The van der Waals surface area contributed by atoms with Crippen molar-refractivity contribution in [3.63, 3.8) is 0 Å². The topological polar surface area (TPSA) is 77.8 Å². The monoisotopic (exact) mass is 300 g/mol. The van der Waals surface area contributed by atoms with Crippen LogP contribution in [0.1, 0.15) is 5.69 Å². The molecule has 1 unspecified atom stereocenters. The summed E-state index contributed by atoms with van der Waals surface area (Å²) in [6.07, 6.45) is -0.752. The molecule has 0 spiro atoms. The zero-order valence-corrected chi connectivity index (χ0v) is 12.1. The van der Waals surface area contributed by atoms with Gasteiger partial charge in [0.1, 0.15) is 6.54 Å². The Morgan fingerprint density at radius 3 is 2.90 bits per heavy atom. The summed E-state index contributed by atoms with van der Waals surface area (Å²) in [7, 11) is 1.28. The Bertz CT molecular complexity index is 564. The van der Waals surface area contributed by atoms with Crippen molar-refractivity contribution < 1.29 is 19.1 Å². The van der Waals surface area contributed by atoms with Crippen LogP contribution in [0.4, 0.5) is 0 Å². The van der Waals surface area contributed by atoms with Crippen molar-refractivity contribution in [3.8, 4) is 0 Å². The average molecular weight is 300 g/mol. The van der Waals surface area contributed by atoms with Gasteiger partial charge in [0.15, 0.2) is 6.10 Å². The number of aromatic nitrogens is 1. The number of carbonyl (C=O) groups is 2. The third-order valence-electron chi connectivity index (χ3n) is 3.15. The fraction of sp³-hybridized carbons (Fsp3) is 0.583. The number of morpholine rings is 1. The zero-order valence-electron chi connectivity index (χ0n) is 11.3. The second-order valence-corrected chi connectivity index (χ2v) is 5.27. The minimum absolute atomic E-state index is 0.0118. The Balaban J connectivity index is 2.02. The highest BCUT2D eigenvalue weighted by atomic mass is 32.1. The quantitative estimate of drug-likeness (QED) is 0.711. The molecule has 0 saturated carbocycles. The maximum absolute atomic E-state index is 12.2. The van der Waals surface area contributed by atoms with E-state index in [1.54, 1.807) is 12.3 Å². The summed E-state index contributed by atoms with van der Waals surface area (Å²) in [6, 6.07) is 0. The van der Waals surface area contributed by atoms with Gasteiger partial charge in [0.05, 0.1) is 20.3 Å². The molecule has 1 aromatic rings. The van der Waals surface area contributed by atoms with Gasteiger partial charge in [-0.05, 0) is 6.92 Å². The molecule has 110 valence electrons. The highest BCUT2D eigenvalue weighted by Crippen LogP contribution is 2.08. The van der Waals surface area contributed by atoms with E-state index < -0.39 is 12.1 Å². The van der Waals surface area contributed by atoms with E-state index in [-0.39, 0.29) is 30.5 Å². The van der Waals surface area contributed by atoms with Crippen LogP contribution in [0.3, 0.4) is 0 Å². The highest BCUT2D eigenvalue weighted by molar-refractivity contribution is 7.07. The molecule has 8 heteroatoms. The first-order valence-corrected chi connectivity index (χ1v) is 7.03. The number of nitrogens with zero attached hydrogens (tertiary/aromatic N) is 2. The number of thiazole rings is 1. The van der Waals surface area contributed by atoms with Gasteiger partial charge < -0.3 is 14.4 Å². The Labute approximate surface area is 119 Å². The van der Waals surface area contributed by atoms with E-state index >= 15 is 0 Å². The molecule has 1 saturated heterocycles. The van der Waals surface area contributed by atoms with Crippen LogP contribution in [0, 0.1) is 6.92 Å². The second-order valence-electron chi connectivity index (χ2n) is 4.45. The first-order chi connectivity index (χ1) is 9.52. The first kappa shape index (κ1) is 14.7. The zero-order chi connectivity index (χ0) is 14.7. The van der Waals surface area contributed by atoms with Crippen LogP contribution in [0.25, 0.3) is 0 Å². The molecule has 1 aromatic heterocycles. The highest BCUT2D eigenvalue weighted by Gasteiger charge is 2.30. The molecule has 1 aliphatic rings. The molecule has 0 radical (unpaired) electrons. The van der Waals surface area contributed by atoms with Gasteiger partial charge in [-0.3, -0.25) is 14.2 Å². The predicted octanol–water partition coefficient (Wildman–Crippen LogP) is -0.381. The number of rotatable bonds is 3. The van der Waals surface area contributed by atoms with Gasteiger partial charge in [-0.15, -0.1) is 0 Å². The number of ether oxygens (including phenoxy) is 2. The summed E-state index contributed by atoms with van der Waals surface area (Å²) < 4.78 is 11.3. The van der Waals surface area contributed by atoms with E-state index in [0.29, 0.717) is 6.54 Å². The standard InChI is InChI=1S/C12H16N2O5S/c1-8-7-20-12(17)14(8)6-10(15)13-3-4-19-9(5-13)11(16)18-2/h7,9H,3-6H2,1-2H3. The van der Waals surface area contributed by atoms with Crippen LogP contribution in [0.2, 0.25) is 0 Å². The summed E-state index contributed by atoms with van der Waals surface area (Å²) >= 11 is 1.07. The summed E-state index contributed by atoms with van der Waals surface area (Å²) in [5, 5.41) is 1.71. The lowest BCUT2D eigenvalue weighted by molar-refractivity contribution is -0.162. The molecule has 7 nitrogen and oxygen atoms in total. The SMILES string of the molecule is COC(=O)C1CN(C(=O)Cn2c(C)csc2=O)CCO1. The number of hydrogen-bond acceptors (Lipinski definition) is 6. The molecule has 2 rings (SSSR count). The van der Waals surface area contributed by atoms with Gasteiger partial charge in [0, 0.05) is 17.6 Å². The van der Waals surface area contributed by atoms with E-state index in [4.69, 9.17) is 4.74 Å². The largest absolute Gasteiger partial charge is 0.467 e. The second kappa shape index (κ2) is 6.19. The normalized spacial score (nSPS) is 18.9. The Morgan fingerprint density at radius 1 is 1.55 bits per heavy atom. The van der Waals surface area contributed by atoms with Gasteiger partial charge in [0.2, 0.25) is 5.91 Å². The van der Waals surface area contributed by atoms with Crippen LogP contribution in [-0.2, 0) is 25.6 Å². The van der Waals surface area contributed by atoms with Crippen LogP contribution >= 0.6 is 11.3 Å². The summed E-state index contributed by atoms with van der Waals surface area (Å²) in [4.78, 5) is 36.6. The number of hydrogen-bond donors (Lipinski definition) is 0. The Hall–Kier alpha value is -1.67. The minimum Gasteiger partial charge on any atom is -0.467 e. The fourth-order valence-electron chi connectivity index (χ4n) is 1.98. The summed E-state index contributed by atoms with van der Waals surface area (Å²) in [5.74, 6) is -0.697. The average Bonchev–Trinajstić information content (AvgIpc) is 2.78. The smallest absolute Gasteiger partial charge is 0.336 e. The van der Waals surface area contributed by atoms with Gasteiger partial charge in [-0.1, -0.05) is 11.3 Å². The van der Waals surface area contributed by atoms with E-state index in [2.05, 4.69) is 4.74 Å². The molecule has 20 heavy (non-hydrogen) atoms. The van der Waals surface area contributed by atoms with Gasteiger partial charge in [-0.25, -0.2) is 4.79 Å². The van der Waals surface area contributed by atoms with Crippen molar-refractivity contribution >= 4 is 23.2 Å².